The number of carbonyl (C=O) groups excluding carboxylic acids is 1. The number of aromatic carboxylic acids is 1. The molecular formula is C10H12N2O3S. The second-order valence-corrected chi connectivity index (χ2v) is 4.51. The van der Waals surface area contributed by atoms with Crippen LogP contribution in [0, 0.1) is 0 Å². The fraction of sp³-hybridized carbons (Fsp3) is 0.400. The summed E-state index contributed by atoms with van der Waals surface area (Å²) in [5.41, 5.74) is 0.384. The molecule has 1 saturated heterocycles. The highest BCUT2D eigenvalue weighted by Gasteiger charge is 2.20. The van der Waals surface area contributed by atoms with Crippen molar-refractivity contribution < 1.29 is 14.7 Å². The summed E-state index contributed by atoms with van der Waals surface area (Å²) < 4.78 is 0. The van der Waals surface area contributed by atoms with Gasteiger partial charge in [-0.05, 0) is 24.3 Å². The Labute approximate surface area is 96.7 Å². The molecule has 6 heteroatoms. The molecule has 2 N–H and O–H groups in total. The van der Waals surface area contributed by atoms with E-state index in [-0.39, 0.29) is 10.9 Å². The second kappa shape index (κ2) is 4.52. The summed E-state index contributed by atoms with van der Waals surface area (Å²) >= 11 is 1.11. The zero-order valence-electron chi connectivity index (χ0n) is 8.60. The number of rotatable bonds is 2. The highest BCUT2D eigenvalue weighted by atomic mass is 32.1. The van der Waals surface area contributed by atoms with Gasteiger partial charge >= 0.3 is 12.0 Å². The van der Waals surface area contributed by atoms with Gasteiger partial charge in [0.15, 0.2) is 0 Å². The molecule has 16 heavy (non-hydrogen) atoms. The third-order valence-corrected chi connectivity index (χ3v) is 3.40. The molecule has 0 radical (unpaired) electrons. The minimum Gasteiger partial charge on any atom is -0.477 e. The average molecular weight is 240 g/mol. The Morgan fingerprint density at radius 2 is 2.06 bits per heavy atom. The molecule has 86 valence electrons. The summed E-state index contributed by atoms with van der Waals surface area (Å²) in [4.78, 5) is 24.4. The van der Waals surface area contributed by atoms with Crippen molar-refractivity contribution in [3.8, 4) is 0 Å². The van der Waals surface area contributed by atoms with E-state index in [9.17, 15) is 9.59 Å². The Hall–Kier alpha value is -1.56. The van der Waals surface area contributed by atoms with Crippen LogP contribution in [0.3, 0.4) is 0 Å². The molecule has 1 aliphatic heterocycles. The summed E-state index contributed by atoms with van der Waals surface area (Å²) in [6.45, 7) is 1.50. The van der Waals surface area contributed by atoms with E-state index < -0.39 is 5.97 Å². The van der Waals surface area contributed by atoms with Crippen molar-refractivity contribution >= 4 is 29.0 Å². The smallest absolute Gasteiger partial charge is 0.348 e. The lowest BCUT2D eigenvalue weighted by Gasteiger charge is -2.15. The van der Waals surface area contributed by atoms with Gasteiger partial charge in [-0.25, -0.2) is 9.59 Å². The number of anilines is 1. The van der Waals surface area contributed by atoms with Crippen LogP contribution >= 0.6 is 11.3 Å². The second-order valence-electron chi connectivity index (χ2n) is 3.59. The van der Waals surface area contributed by atoms with Gasteiger partial charge in [-0.2, -0.15) is 0 Å². The maximum Gasteiger partial charge on any atom is 0.348 e. The molecule has 0 saturated carbocycles. The fourth-order valence-corrected chi connectivity index (χ4v) is 2.37. The molecule has 0 aliphatic carbocycles. The van der Waals surface area contributed by atoms with Gasteiger partial charge < -0.3 is 15.3 Å². The van der Waals surface area contributed by atoms with Gasteiger partial charge in [0.1, 0.15) is 4.88 Å². The molecule has 1 aromatic rings. The summed E-state index contributed by atoms with van der Waals surface area (Å²) in [5.74, 6) is -1.01. The van der Waals surface area contributed by atoms with Gasteiger partial charge in [-0.15, -0.1) is 11.3 Å². The standard InChI is InChI=1S/C10H12N2O3S/c13-9(14)8-7(3-6-16-8)11-10(15)12-4-1-2-5-12/h3,6H,1-2,4-5H2,(H,11,15)(H,13,14). The molecule has 2 amide bonds. The maximum absolute atomic E-state index is 11.7. The minimum absolute atomic E-state index is 0.174. The van der Waals surface area contributed by atoms with Crippen LogP contribution in [0.4, 0.5) is 10.5 Å². The Morgan fingerprint density at radius 1 is 1.38 bits per heavy atom. The normalized spacial score (nSPS) is 15.1. The lowest BCUT2D eigenvalue weighted by Crippen LogP contribution is -2.32. The number of carboxylic acid groups (broad SMARTS) is 1. The largest absolute Gasteiger partial charge is 0.477 e. The molecule has 2 rings (SSSR count). The van der Waals surface area contributed by atoms with E-state index in [0.717, 1.165) is 37.3 Å². The van der Waals surface area contributed by atoms with Crippen LogP contribution in [0.2, 0.25) is 0 Å². The first-order chi connectivity index (χ1) is 7.68. The van der Waals surface area contributed by atoms with E-state index in [1.165, 1.54) is 0 Å². The number of likely N-dealkylation sites (tertiary alicyclic amines) is 1. The number of thiophene rings is 1. The highest BCUT2D eigenvalue weighted by Crippen LogP contribution is 2.23. The number of urea groups is 1. The first kappa shape index (κ1) is 10.9. The highest BCUT2D eigenvalue weighted by molar-refractivity contribution is 7.12. The van der Waals surface area contributed by atoms with E-state index in [1.807, 2.05) is 0 Å². The number of carbonyl (C=O) groups is 2. The third-order valence-electron chi connectivity index (χ3n) is 2.49. The van der Waals surface area contributed by atoms with Gasteiger partial charge in [0.05, 0.1) is 5.69 Å². The van der Waals surface area contributed by atoms with Crippen molar-refractivity contribution in [2.75, 3.05) is 18.4 Å². The molecule has 0 spiro atoms. The quantitative estimate of drug-likeness (QED) is 0.831. The van der Waals surface area contributed by atoms with Crippen LogP contribution in [0.25, 0.3) is 0 Å². The van der Waals surface area contributed by atoms with Gasteiger partial charge in [0, 0.05) is 13.1 Å². The Bertz CT molecular complexity index is 410. The van der Waals surface area contributed by atoms with Crippen LogP contribution in [-0.4, -0.2) is 35.1 Å². The lowest BCUT2D eigenvalue weighted by atomic mass is 10.4. The number of hydrogen-bond acceptors (Lipinski definition) is 3. The Balaban J connectivity index is 2.05. The molecule has 0 atom stereocenters. The van der Waals surface area contributed by atoms with E-state index >= 15 is 0 Å². The topological polar surface area (TPSA) is 69.6 Å². The van der Waals surface area contributed by atoms with Gasteiger partial charge in [-0.1, -0.05) is 0 Å². The van der Waals surface area contributed by atoms with Crippen LogP contribution < -0.4 is 5.32 Å². The molecule has 1 aromatic heterocycles. The Kier molecular flexibility index (Phi) is 3.09. The van der Waals surface area contributed by atoms with E-state index in [4.69, 9.17) is 5.11 Å². The SMILES string of the molecule is O=C(O)c1sccc1NC(=O)N1CCCC1. The zero-order chi connectivity index (χ0) is 11.5. The number of nitrogens with zero attached hydrogens (tertiary/aromatic N) is 1. The van der Waals surface area contributed by atoms with Crippen molar-refractivity contribution in [1.82, 2.24) is 4.90 Å². The van der Waals surface area contributed by atoms with Crippen LogP contribution in [0.15, 0.2) is 11.4 Å². The Morgan fingerprint density at radius 3 is 2.69 bits per heavy atom. The van der Waals surface area contributed by atoms with Gasteiger partial charge in [0.2, 0.25) is 0 Å². The van der Waals surface area contributed by atoms with E-state index in [2.05, 4.69) is 5.32 Å². The summed E-state index contributed by atoms with van der Waals surface area (Å²) in [7, 11) is 0. The monoisotopic (exact) mass is 240 g/mol. The summed E-state index contributed by atoms with van der Waals surface area (Å²) in [6, 6.07) is 1.40. The molecule has 2 heterocycles. The van der Waals surface area contributed by atoms with Gasteiger partial charge in [0.25, 0.3) is 0 Å². The lowest BCUT2D eigenvalue weighted by molar-refractivity contribution is 0.0703. The van der Waals surface area contributed by atoms with Crippen molar-refractivity contribution in [3.05, 3.63) is 16.3 Å². The van der Waals surface area contributed by atoms with Crippen LogP contribution in [0.1, 0.15) is 22.5 Å². The van der Waals surface area contributed by atoms with Crippen molar-refractivity contribution in [2.24, 2.45) is 0 Å². The first-order valence-corrected chi connectivity index (χ1v) is 5.93. The van der Waals surface area contributed by atoms with Crippen molar-refractivity contribution in [2.45, 2.75) is 12.8 Å². The molecule has 1 aliphatic rings. The summed E-state index contributed by atoms with van der Waals surface area (Å²) in [6.07, 6.45) is 2.03. The average Bonchev–Trinajstić information content (AvgIpc) is 2.86. The summed E-state index contributed by atoms with van der Waals surface area (Å²) in [5, 5.41) is 13.2. The molecule has 1 fully saturated rings. The van der Waals surface area contributed by atoms with E-state index in [0.29, 0.717) is 5.69 Å². The predicted molar refractivity (Wildman–Crippen MR) is 61.1 cm³/mol. The van der Waals surface area contributed by atoms with E-state index in [1.54, 1.807) is 16.3 Å². The molecular weight excluding hydrogens is 228 g/mol. The van der Waals surface area contributed by atoms with Crippen molar-refractivity contribution in [1.29, 1.82) is 0 Å². The van der Waals surface area contributed by atoms with Crippen LogP contribution in [0.5, 0.6) is 0 Å². The molecule has 0 aromatic carbocycles. The molecule has 0 unspecified atom stereocenters. The van der Waals surface area contributed by atoms with Crippen molar-refractivity contribution in [3.63, 3.8) is 0 Å². The number of amides is 2. The fourth-order valence-electron chi connectivity index (χ4n) is 1.69. The molecule has 5 nitrogen and oxygen atoms in total. The maximum atomic E-state index is 11.7. The van der Waals surface area contributed by atoms with Crippen LogP contribution in [-0.2, 0) is 0 Å². The zero-order valence-corrected chi connectivity index (χ0v) is 9.42. The molecule has 0 bridgehead atoms. The number of hydrogen-bond donors (Lipinski definition) is 2. The minimum atomic E-state index is -1.01. The first-order valence-electron chi connectivity index (χ1n) is 5.05. The predicted octanol–water partition coefficient (Wildman–Crippen LogP) is 2.07. The number of carboxylic acids is 1. The third kappa shape index (κ3) is 2.16. The van der Waals surface area contributed by atoms with Gasteiger partial charge in [-0.3, -0.25) is 0 Å². The number of nitrogens with one attached hydrogen (secondary N) is 1.